The zero-order chi connectivity index (χ0) is 12.8. The summed E-state index contributed by atoms with van der Waals surface area (Å²) in [7, 11) is 0. The molecule has 2 rings (SSSR count). The highest BCUT2D eigenvalue weighted by Crippen LogP contribution is 2.33. The van der Waals surface area contributed by atoms with Crippen molar-refractivity contribution in [3.63, 3.8) is 0 Å². The number of para-hydroxylation sites is 1. The van der Waals surface area contributed by atoms with E-state index in [1.807, 2.05) is 18.2 Å². The molecule has 1 unspecified atom stereocenters. The molecule has 1 aromatic carbocycles. The molecule has 0 fully saturated rings. The fraction of sp³-hybridized carbons (Fsp3) is 0.467. The third-order valence-corrected chi connectivity index (χ3v) is 3.00. The van der Waals surface area contributed by atoms with Crippen LogP contribution in [0.5, 0.6) is 11.5 Å². The molecule has 0 amide bonds. The first-order chi connectivity index (χ1) is 8.85. The average Bonchev–Trinajstić information content (AvgIpc) is 2.65. The molecule has 3 heteroatoms. The van der Waals surface area contributed by atoms with Crippen LogP contribution in [0.3, 0.4) is 0 Å². The first-order valence-corrected chi connectivity index (χ1v) is 6.42. The fourth-order valence-corrected chi connectivity index (χ4v) is 1.95. The minimum atomic E-state index is 0.104. The zero-order valence-electron chi connectivity index (χ0n) is 10.7. The van der Waals surface area contributed by atoms with Gasteiger partial charge in [0.1, 0.15) is 0 Å². The van der Waals surface area contributed by atoms with E-state index in [-0.39, 0.29) is 6.04 Å². The van der Waals surface area contributed by atoms with Crippen LogP contribution in [0.15, 0.2) is 18.2 Å². The first-order valence-electron chi connectivity index (χ1n) is 6.42. The Labute approximate surface area is 108 Å². The van der Waals surface area contributed by atoms with Crippen molar-refractivity contribution < 1.29 is 9.47 Å². The highest BCUT2D eigenvalue weighted by Gasteiger charge is 2.14. The molecule has 1 aromatic rings. The minimum absolute atomic E-state index is 0.104. The molecule has 0 radical (unpaired) electrons. The van der Waals surface area contributed by atoms with Gasteiger partial charge in [0.15, 0.2) is 11.5 Å². The Morgan fingerprint density at radius 3 is 3.00 bits per heavy atom. The van der Waals surface area contributed by atoms with E-state index in [4.69, 9.17) is 15.9 Å². The number of benzene rings is 1. The van der Waals surface area contributed by atoms with E-state index >= 15 is 0 Å². The van der Waals surface area contributed by atoms with Crippen LogP contribution in [0.2, 0.25) is 0 Å². The molecule has 1 aliphatic rings. The minimum Gasteiger partial charge on any atom is -0.490 e. The van der Waals surface area contributed by atoms with Crippen molar-refractivity contribution in [2.24, 2.45) is 0 Å². The Hall–Kier alpha value is -1.66. The van der Waals surface area contributed by atoms with Gasteiger partial charge in [0.2, 0.25) is 0 Å². The quantitative estimate of drug-likeness (QED) is 0.826. The molecule has 96 valence electrons. The smallest absolute Gasteiger partial charge is 0.165 e. The molecule has 0 spiro atoms. The number of nitrogens with one attached hydrogen (secondary N) is 1. The molecule has 1 aliphatic heterocycles. The summed E-state index contributed by atoms with van der Waals surface area (Å²) in [6.45, 7) is 4.19. The molecule has 1 atom stereocenters. The Bertz CT molecular complexity index is 437. The Morgan fingerprint density at radius 2 is 2.22 bits per heavy atom. The first kappa shape index (κ1) is 12.8. The van der Waals surface area contributed by atoms with Crippen LogP contribution in [-0.2, 0) is 6.54 Å². The lowest BCUT2D eigenvalue weighted by molar-refractivity contribution is 0.296. The van der Waals surface area contributed by atoms with Crippen molar-refractivity contribution >= 4 is 0 Å². The SMILES string of the molecule is C#CC(CC)NCc1cccc2c1OCCCO2. The molecule has 0 aromatic heterocycles. The maximum Gasteiger partial charge on any atom is 0.165 e. The number of hydrogen-bond acceptors (Lipinski definition) is 3. The Balaban J connectivity index is 2.11. The van der Waals surface area contributed by atoms with Gasteiger partial charge in [-0.25, -0.2) is 0 Å². The van der Waals surface area contributed by atoms with Crippen LogP contribution in [0, 0.1) is 12.3 Å². The van der Waals surface area contributed by atoms with E-state index in [2.05, 4.69) is 18.2 Å². The molecular weight excluding hydrogens is 226 g/mol. The second kappa shape index (κ2) is 6.32. The van der Waals surface area contributed by atoms with Gasteiger partial charge in [0.25, 0.3) is 0 Å². The van der Waals surface area contributed by atoms with Crippen molar-refractivity contribution in [2.45, 2.75) is 32.4 Å². The number of fused-ring (bicyclic) bond motifs is 1. The molecular formula is C15H19NO2. The maximum absolute atomic E-state index is 5.76. The van der Waals surface area contributed by atoms with Gasteiger partial charge in [0.05, 0.1) is 19.3 Å². The maximum atomic E-state index is 5.76. The molecule has 1 heterocycles. The van der Waals surface area contributed by atoms with Crippen LogP contribution in [-0.4, -0.2) is 19.3 Å². The predicted molar refractivity (Wildman–Crippen MR) is 71.8 cm³/mol. The van der Waals surface area contributed by atoms with E-state index in [1.165, 1.54) is 0 Å². The van der Waals surface area contributed by atoms with Gasteiger partial charge in [-0.1, -0.05) is 25.0 Å². The number of rotatable bonds is 4. The van der Waals surface area contributed by atoms with Gasteiger partial charge < -0.3 is 9.47 Å². The van der Waals surface area contributed by atoms with Crippen molar-refractivity contribution in [1.29, 1.82) is 0 Å². The van der Waals surface area contributed by atoms with E-state index in [0.717, 1.165) is 29.9 Å². The van der Waals surface area contributed by atoms with Crippen molar-refractivity contribution in [3.05, 3.63) is 23.8 Å². The number of terminal acetylenes is 1. The van der Waals surface area contributed by atoms with E-state index in [0.29, 0.717) is 19.8 Å². The topological polar surface area (TPSA) is 30.5 Å². The van der Waals surface area contributed by atoms with Gasteiger partial charge in [0, 0.05) is 18.5 Å². The summed E-state index contributed by atoms with van der Waals surface area (Å²) in [4.78, 5) is 0. The molecule has 0 saturated carbocycles. The van der Waals surface area contributed by atoms with Crippen molar-refractivity contribution in [3.8, 4) is 23.8 Å². The molecule has 0 bridgehead atoms. The highest BCUT2D eigenvalue weighted by atomic mass is 16.5. The number of hydrogen-bond donors (Lipinski definition) is 1. The molecule has 3 nitrogen and oxygen atoms in total. The second-order valence-electron chi connectivity index (χ2n) is 4.30. The Morgan fingerprint density at radius 1 is 1.39 bits per heavy atom. The predicted octanol–water partition coefficient (Wildman–Crippen LogP) is 2.35. The largest absolute Gasteiger partial charge is 0.490 e. The summed E-state index contributed by atoms with van der Waals surface area (Å²) < 4.78 is 11.4. The lowest BCUT2D eigenvalue weighted by atomic mass is 10.1. The zero-order valence-corrected chi connectivity index (χ0v) is 10.7. The van der Waals surface area contributed by atoms with Crippen molar-refractivity contribution in [1.82, 2.24) is 5.32 Å². The van der Waals surface area contributed by atoms with Crippen LogP contribution in [0.1, 0.15) is 25.3 Å². The molecule has 1 N–H and O–H groups in total. The van der Waals surface area contributed by atoms with Crippen LogP contribution in [0.4, 0.5) is 0 Å². The standard InChI is InChI=1S/C15H19NO2/c1-3-13(4-2)16-11-12-7-5-8-14-15(12)18-10-6-9-17-14/h1,5,7-8,13,16H,4,6,9-11H2,2H3. The summed E-state index contributed by atoms with van der Waals surface area (Å²) in [5.41, 5.74) is 1.10. The fourth-order valence-electron chi connectivity index (χ4n) is 1.95. The van der Waals surface area contributed by atoms with E-state index in [9.17, 15) is 0 Å². The second-order valence-corrected chi connectivity index (χ2v) is 4.30. The van der Waals surface area contributed by atoms with Gasteiger partial charge in [-0.3, -0.25) is 5.32 Å². The van der Waals surface area contributed by atoms with Gasteiger partial charge >= 0.3 is 0 Å². The number of ether oxygens (including phenoxy) is 2. The van der Waals surface area contributed by atoms with Gasteiger partial charge in [-0.05, 0) is 12.5 Å². The van der Waals surface area contributed by atoms with Gasteiger partial charge in [-0.15, -0.1) is 6.42 Å². The lowest BCUT2D eigenvalue weighted by Crippen LogP contribution is -2.26. The van der Waals surface area contributed by atoms with Crippen LogP contribution < -0.4 is 14.8 Å². The lowest BCUT2D eigenvalue weighted by Gasteiger charge is -2.15. The Kier molecular flexibility index (Phi) is 4.49. The summed E-state index contributed by atoms with van der Waals surface area (Å²) in [6.07, 6.45) is 7.28. The highest BCUT2D eigenvalue weighted by molar-refractivity contribution is 5.47. The monoisotopic (exact) mass is 245 g/mol. The molecule has 0 aliphatic carbocycles. The van der Waals surface area contributed by atoms with Gasteiger partial charge in [-0.2, -0.15) is 0 Å². The summed E-state index contributed by atoms with van der Waals surface area (Å²) in [5.74, 6) is 4.42. The van der Waals surface area contributed by atoms with E-state index < -0.39 is 0 Å². The third-order valence-electron chi connectivity index (χ3n) is 3.00. The third kappa shape index (κ3) is 2.96. The van der Waals surface area contributed by atoms with E-state index in [1.54, 1.807) is 0 Å². The summed E-state index contributed by atoms with van der Waals surface area (Å²) in [6, 6.07) is 6.08. The van der Waals surface area contributed by atoms with Crippen LogP contribution >= 0.6 is 0 Å². The molecule has 18 heavy (non-hydrogen) atoms. The summed E-state index contributed by atoms with van der Waals surface area (Å²) in [5, 5.41) is 3.33. The normalized spacial score (nSPS) is 15.6. The van der Waals surface area contributed by atoms with Crippen LogP contribution in [0.25, 0.3) is 0 Å². The molecule has 0 saturated heterocycles. The average molecular weight is 245 g/mol. The van der Waals surface area contributed by atoms with Crippen molar-refractivity contribution in [2.75, 3.05) is 13.2 Å². The summed E-state index contributed by atoms with van der Waals surface area (Å²) >= 11 is 0.